The van der Waals surface area contributed by atoms with Crippen LogP contribution in [0.1, 0.15) is 0 Å². The number of aliphatic carboxylic acids is 1. The van der Waals surface area contributed by atoms with Crippen molar-refractivity contribution in [2.75, 3.05) is 12.9 Å². The van der Waals surface area contributed by atoms with Gasteiger partial charge in [0.2, 0.25) is 0 Å². The van der Waals surface area contributed by atoms with Crippen molar-refractivity contribution < 1.29 is 19.4 Å². The first kappa shape index (κ1) is 10.6. The summed E-state index contributed by atoms with van der Waals surface area (Å²) in [5, 5.41) is 12.6. The number of hydrogen-bond donors (Lipinski definition) is 2. The Kier molecular flexibility index (Phi) is 3.58. The molecule has 0 spiro atoms. The van der Waals surface area contributed by atoms with Crippen molar-refractivity contribution in [3.63, 3.8) is 0 Å². The van der Waals surface area contributed by atoms with Gasteiger partial charge in [-0.05, 0) is 0 Å². The predicted molar refractivity (Wildman–Crippen MR) is 51.4 cm³/mol. The average Bonchev–Trinajstić information content (AvgIpc) is 2.41. The second-order valence-electron chi connectivity index (χ2n) is 2.45. The molecular formula is C8H9NO4S. The van der Waals surface area contributed by atoms with Crippen LogP contribution >= 0.6 is 11.8 Å². The standard InChI is InChI=1S/C8H9NO4S/c1-13-8(12)5-2-9-6(7(10)11)4-14-3-5/h2,4,9H,3H2,1H3,(H,10,11). The number of carboxylic acids is 1. The highest BCUT2D eigenvalue weighted by Crippen LogP contribution is 2.15. The van der Waals surface area contributed by atoms with Gasteiger partial charge in [0.05, 0.1) is 12.7 Å². The summed E-state index contributed by atoms with van der Waals surface area (Å²) in [6, 6.07) is 0. The van der Waals surface area contributed by atoms with Crippen molar-refractivity contribution in [2.45, 2.75) is 0 Å². The molecular weight excluding hydrogens is 206 g/mol. The number of carbonyl (C=O) groups excluding carboxylic acids is 1. The molecule has 0 unspecified atom stereocenters. The summed E-state index contributed by atoms with van der Waals surface area (Å²) in [6.45, 7) is 0. The van der Waals surface area contributed by atoms with Crippen LogP contribution in [0, 0.1) is 0 Å². The zero-order chi connectivity index (χ0) is 10.6. The number of rotatable bonds is 2. The van der Waals surface area contributed by atoms with Crippen LogP contribution in [0.3, 0.4) is 0 Å². The molecule has 14 heavy (non-hydrogen) atoms. The Hall–Kier alpha value is -1.43. The first-order valence-corrected chi connectivity index (χ1v) is 4.79. The Morgan fingerprint density at radius 2 is 2.36 bits per heavy atom. The Balaban J connectivity index is 2.72. The zero-order valence-electron chi connectivity index (χ0n) is 7.44. The van der Waals surface area contributed by atoms with Gasteiger partial charge < -0.3 is 15.2 Å². The molecule has 2 N–H and O–H groups in total. The van der Waals surface area contributed by atoms with Crippen molar-refractivity contribution in [2.24, 2.45) is 0 Å². The van der Waals surface area contributed by atoms with Crippen LogP contribution in [0.5, 0.6) is 0 Å². The molecule has 0 atom stereocenters. The van der Waals surface area contributed by atoms with Gasteiger partial charge in [0, 0.05) is 17.4 Å². The monoisotopic (exact) mass is 215 g/mol. The molecule has 0 amide bonds. The highest BCUT2D eigenvalue weighted by molar-refractivity contribution is 8.02. The molecule has 0 fully saturated rings. The van der Waals surface area contributed by atoms with E-state index in [9.17, 15) is 9.59 Å². The molecule has 1 rings (SSSR count). The average molecular weight is 215 g/mol. The number of thioether (sulfide) groups is 1. The van der Waals surface area contributed by atoms with Gasteiger partial charge in [-0.25, -0.2) is 9.59 Å². The van der Waals surface area contributed by atoms with E-state index in [0.29, 0.717) is 11.3 Å². The Labute approximate surface area is 84.8 Å². The number of hydrogen-bond acceptors (Lipinski definition) is 5. The fourth-order valence-electron chi connectivity index (χ4n) is 0.816. The highest BCUT2D eigenvalue weighted by atomic mass is 32.2. The summed E-state index contributed by atoms with van der Waals surface area (Å²) in [6.07, 6.45) is 1.35. The molecule has 6 heteroatoms. The van der Waals surface area contributed by atoms with Crippen LogP contribution in [-0.2, 0) is 14.3 Å². The van der Waals surface area contributed by atoms with Gasteiger partial charge in [0.25, 0.3) is 0 Å². The van der Waals surface area contributed by atoms with Gasteiger partial charge in [-0.1, -0.05) is 0 Å². The van der Waals surface area contributed by atoms with Crippen LogP contribution in [0.2, 0.25) is 0 Å². The second kappa shape index (κ2) is 4.71. The first-order chi connectivity index (χ1) is 6.65. The maximum Gasteiger partial charge on any atom is 0.352 e. The molecule has 0 bridgehead atoms. The molecule has 0 aromatic carbocycles. The molecule has 76 valence electrons. The number of methoxy groups -OCH3 is 1. The molecule has 1 aliphatic heterocycles. The topological polar surface area (TPSA) is 75.6 Å². The normalized spacial score (nSPS) is 15.8. The minimum absolute atomic E-state index is 0.0499. The fraction of sp³-hybridized carbons (Fsp3) is 0.250. The lowest BCUT2D eigenvalue weighted by atomic mass is 10.3. The number of carboxylic acid groups (broad SMARTS) is 1. The maximum absolute atomic E-state index is 11.1. The zero-order valence-corrected chi connectivity index (χ0v) is 8.26. The van der Waals surface area contributed by atoms with Crippen LogP contribution in [-0.4, -0.2) is 29.9 Å². The van der Waals surface area contributed by atoms with Crippen LogP contribution in [0.25, 0.3) is 0 Å². The summed E-state index contributed by atoms with van der Waals surface area (Å²) in [5.41, 5.74) is 0.457. The minimum atomic E-state index is -1.06. The maximum atomic E-state index is 11.1. The molecule has 1 heterocycles. The quantitative estimate of drug-likeness (QED) is 0.645. The fourth-order valence-corrected chi connectivity index (χ4v) is 1.62. The summed E-state index contributed by atoms with van der Waals surface area (Å²) < 4.78 is 4.51. The molecule has 0 aromatic heterocycles. The molecule has 5 nitrogen and oxygen atoms in total. The molecule has 0 aliphatic carbocycles. The second-order valence-corrected chi connectivity index (χ2v) is 3.31. The van der Waals surface area contributed by atoms with Crippen molar-refractivity contribution in [3.05, 3.63) is 22.9 Å². The van der Waals surface area contributed by atoms with E-state index in [-0.39, 0.29) is 5.70 Å². The van der Waals surface area contributed by atoms with E-state index in [2.05, 4.69) is 10.1 Å². The molecule has 0 saturated carbocycles. The van der Waals surface area contributed by atoms with Crippen molar-refractivity contribution in [3.8, 4) is 0 Å². The largest absolute Gasteiger partial charge is 0.477 e. The number of nitrogens with one attached hydrogen (secondary N) is 1. The Bertz CT molecular complexity index is 321. The first-order valence-electron chi connectivity index (χ1n) is 3.74. The lowest BCUT2D eigenvalue weighted by molar-refractivity contribution is -0.136. The van der Waals surface area contributed by atoms with E-state index < -0.39 is 11.9 Å². The van der Waals surface area contributed by atoms with Crippen molar-refractivity contribution >= 4 is 23.7 Å². The summed E-state index contributed by atoms with van der Waals surface area (Å²) in [4.78, 5) is 21.6. The molecule has 0 saturated heterocycles. The number of esters is 1. The van der Waals surface area contributed by atoms with Gasteiger partial charge in [-0.15, -0.1) is 11.8 Å². The number of ether oxygens (including phenoxy) is 1. The predicted octanol–water partition coefficient (Wildman–Crippen LogP) is 0.306. The van der Waals surface area contributed by atoms with Gasteiger partial charge in [0.1, 0.15) is 5.70 Å². The van der Waals surface area contributed by atoms with Crippen molar-refractivity contribution in [1.29, 1.82) is 0 Å². The van der Waals surface area contributed by atoms with E-state index in [4.69, 9.17) is 5.11 Å². The van der Waals surface area contributed by atoms with Crippen LogP contribution in [0.15, 0.2) is 22.9 Å². The number of carbonyl (C=O) groups is 2. The third-order valence-corrected chi connectivity index (χ3v) is 2.40. The van der Waals surface area contributed by atoms with Gasteiger partial charge in [-0.3, -0.25) is 0 Å². The van der Waals surface area contributed by atoms with E-state index in [1.165, 1.54) is 30.5 Å². The molecule has 0 radical (unpaired) electrons. The van der Waals surface area contributed by atoms with Gasteiger partial charge >= 0.3 is 11.9 Å². The third-order valence-electron chi connectivity index (χ3n) is 1.52. The molecule has 0 aromatic rings. The summed E-state index contributed by atoms with van der Waals surface area (Å²) in [5.74, 6) is -1.11. The Morgan fingerprint density at radius 1 is 1.64 bits per heavy atom. The minimum Gasteiger partial charge on any atom is -0.477 e. The van der Waals surface area contributed by atoms with Crippen molar-refractivity contribution in [1.82, 2.24) is 5.32 Å². The van der Waals surface area contributed by atoms with E-state index in [0.717, 1.165) is 0 Å². The van der Waals surface area contributed by atoms with E-state index in [1.807, 2.05) is 0 Å². The SMILES string of the molecule is COC(=O)C1=CNC(C(=O)O)=CSC1. The van der Waals surface area contributed by atoms with E-state index >= 15 is 0 Å². The lowest BCUT2D eigenvalue weighted by Crippen LogP contribution is -2.15. The summed E-state index contributed by atoms with van der Waals surface area (Å²) >= 11 is 1.23. The Morgan fingerprint density at radius 3 is 2.93 bits per heavy atom. The highest BCUT2D eigenvalue weighted by Gasteiger charge is 2.14. The molecule has 1 aliphatic rings. The lowest BCUT2D eigenvalue weighted by Gasteiger charge is -2.01. The smallest absolute Gasteiger partial charge is 0.352 e. The van der Waals surface area contributed by atoms with Gasteiger partial charge in [0.15, 0.2) is 0 Å². The van der Waals surface area contributed by atoms with E-state index in [1.54, 1.807) is 0 Å². The summed E-state index contributed by atoms with van der Waals surface area (Å²) in [7, 11) is 1.28. The van der Waals surface area contributed by atoms with Crippen LogP contribution in [0.4, 0.5) is 0 Å². The third kappa shape index (κ3) is 2.53. The van der Waals surface area contributed by atoms with Gasteiger partial charge in [-0.2, -0.15) is 0 Å². The van der Waals surface area contributed by atoms with Crippen LogP contribution < -0.4 is 5.32 Å².